The van der Waals surface area contributed by atoms with Gasteiger partial charge in [0.1, 0.15) is 5.82 Å². The molecule has 5 nitrogen and oxygen atoms in total. The largest absolute Gasteiger partial charge is 0.418 e. The molecule has 0 unspecified atom stereocenters. The summed E-state index contributed by atoms with van der Waals surface area (Å²) in [5, 5.41) is 6.09. The number of nitrogens with zero attached hydrogens (tertiary/aromatic N) is 2. The number of alkyl halides is 3. The molecule has 0 fully saturated rings. The summed E-state index contributed by atoms with van der Waals surface area (Å²) in [4.78, 5) is 24.7. The fraction of sp³-hybridized carbons (Fsp3) is 0.105. The first-order chi connectivity index (χ1) is 13.6. The normalized spacial score (nSPS) is 11.4. The summed E-state index contributed by atoms with van der Waals surface area (Å²) in [5.74, 6) is -1.90. The van der Waals surface area contributed by atoms with Crippen molar-refractivity contribution < 1.29 is 22.4 Å². The van der Waals surface area contributed by atoms with Gasteiger partial charge in [0.05, 0.1) is 16.9 Å². The SMILES string of the molecule is Cc1cc(=O)c(C(=O)Nc2cc(Cl)ccc2F)nn1-c1ccccc1C(F)(F)F. The van der Waals surface area contributed by atoms with Gasteiger partial charge < -0.3 is 5.32 Å². The van der Waals surface area contributed by atoms with E-state index in [0.717, 1.165) is 35.0 Å². The number of carbonyl (C=O) groups is 1. The van der Waals surface area contributed by atoms with Gasteiger partial charge >= 0.3 is 6.18 Å². The molecule has 150 valence electrons. The van der Waals surface area contributed by atoms with Crippen molar-refractivity contribution in [1.29, 1.82) is 0 Å². The van der Waals surface area contributed by atoms with E-state index in [1.807, 2.05) is 0 Å². The highest BCUT2D eigenvalue weighted by atomic mass is 35.5. The Morgan fingerprint density at radius 2 is 1.83 bits per heavy atom. The number of amides is 1. The van der Waals surface area contributed by atoms with E-state index in [-0.39, 0.29) is 22.1 Å². The lowest BCUT2D eigenvalue weighted by Crippen LogP contribution is -2.27. The minimum Gasteiger partial charge on any atom is -0.318 e. The highest BCUT2D eigenvalue weighted by Crippen LogP contribution is 2.33. The third-order valence-corrected chi connectivity index (χ3v) is 4.17. The molecule has 10 heteroatoms. The van der Waals surface area contributed by atoms with Crippen LogP contribution >= 0.6 is 11.6 Å². The van der Waals surface area contributed by atoms with Gasteiger partial charge in [0.15, 0.2) is 5.69 Å². The van der Waals surface area contributed by atoms with Crippen LogP contribution in [0.25, 0.3) is 5.69 Å². The highest BCUT2D eigenvalue weighted by molar-refractivity contribution is 6.31. The number of aromatic nitrogens is 2. The van der Waals surface area contributed by atoms with Gasteiger partial charge in [-0.15, -0.1) is 0 Å². The van der Waals surface area contributed by atoms with E-state index in [0.29, 0.717) is 0 Å². The number of carbonyl (C=O) groups excluding carboxylic acids is 1. The molecular formula is C19H12ClF4N3O2. The first kappa shape index (κ1) is 20.5. The molecule has 0 saturated heterocycles. The molecule has 0 radical (unpaired) electrons. The van der Waals surface area contributed by atoms with Crippen molar-refractivity contribution >= 4 is 23.2 Å². The second kappa shape index (κ2) is 7.67. The first-order valence-electron chi connectivity index (χ1n) is 8.12. The maximum absolute atomic E-state index is 13.8. The second-order valence-corrected chi connectivity index (χ2v) is 6.44. The van der Waals surface area contributed by atoms with Crippen LogP contribution in [0.15, 0.2) is 53.3 Å². The number of nitrogens with one attached hydrogen (secondary N) is 1. The van der Waals surface area contributed by atoms with Crippen LogP contribution in [-0.4, -0.2) is 15.7 Å². The van der Waals surface area contributed by atoms with Crippen molar-refractivity contribution in [2.24, 2.45) is 0 Å². The van der Waals surface area contributed by atoms with Gasteiger partial charge in [0, 0.05) is 16.8 Å². The Morgan fingerprint density at radius 3 is 2.52 bits per heavy atom. The van der Waals surface area contributed by atoms with Gasteiger partial charge in [-0.25, -0.2) is 9.07 Å². The predicted molar refractivity (Wildman–Crippen MR) is 98.9 cm³/mol. The summed E-state index contributed by atoms with van der Waals surface area (Å²) < 4.78 is 54.7. The minimum absolute atomic E-state index is 0.0807. The molecule has 1 N–H and O–H groups in total. The van der Waals surface area contributed by atoms with Crippen LogP contribution in [0.3, 0.4) is 0 Å². The number of benzene rings is 2. The molecule has 0 spiro atoms. The summed E-state index contributed by atoms with van der Waals surface area (Å²) >= 11 is 5.76. The number of para-hydroxylation sites is 1. The quantitative estimate of drug-likeness (QED) is 0.623. The number of anilines is 1. The summed E-state index contributed by atoms with van der Waals surface area (Å²) in [7, 11) is 0. The van der Waals surface area contributed by atoms with Crippen molar-refractivity contribution in [1.82, 2.24) is 9.78 Å². The fourth-order valence-corrected chi connectivity index (χ4v) is 2.79. The van der Waals surface area contributed by atoms with Crippen molar-refractivity contribution in [3.63, 3.8) is 0 Å². The van der Waals surface area contributed by atoms with E-state index in [1.165, 1.54) is 25.1 Å². The number of aryl methyl sites for hydroxylation is 1. The summed E-state index contributed by atoms with van der Waals surface area (Å²) in [6, 6.07) is 8.96. The maximum atomic E-state index is 13.8. The average Bonchev–Trinajstić information content (AvgIpc) is 2.64. The number of halogens is 5. The van der Waals surface area contributed by atoms with Gasteiger partial charge in [-0.1, -0.05) is 23.7 Å². The van der Waals surface area contributed by atoms with Crippen molar-refractivity contribution in [3.8, 4) is 5.69 Å². The van der Waals surface area contributed by atoms with E-state index >= 15 is 0 Å². The Hall–Kier alpha value is -3.20. The molecule has 0 aliphatic rings. The van der Waals surface area contributed by atoms with E-state index in [9.17, 15) is 27.2 Å². The first-order valence-corrected chi connectivity index (χ1v) is 8.49. The standard InChI is InChI=1S/C19H12ClF4N3O2/c1-10-8-16(28)17(18(29)25-14-9-11(20)6-7-13(14)21)26-27(10)15-5-3-2-4-12(15)19(22,23)24/h2-9H,1H3,(H,25,29). The van der Waals surface area contributed by atoms with Gasteiger partial charge in [-0.05, 0) is 37.3 Å². The fourth-order valence-electron chi connectivity index (χ4n) is 2.62. The van der Waals surface area contributed by atoms with Crippen LogP contribution in [0.4, 0.5) is 23.2 Å². The van der Waals surface area contributed by atoms with Crippen LogP contribution in [0.2, 0.25) is 5.02 Å². The van der Waals surface area contributed by atoms with Crippen LogP contribution in [-0.2, 0) is 6.18 Å². The van der Waals surface area contributed by atoms with Gasteiger partial charge in [-0.2, -0.15) is 18.3 Å². The van der Waals surface area contributed by atoms with Crippen LogP contribution < -0.4 is 10.7 Å². The molecule has 0 aliphatic carbocycles. The van der Waals surface area contributed by atoms with E-state index in [1.54, 1.807) is 0 Å². The smallest absolute Gasteiger partial charge is 0.318 e. The molecule has 0 bridgehead atoms. The summed E-state index contributed by atoms with van der Waals surface area (Å²) in [5.41, 5.74) is -3.11. The molecule has 1 heterocycles. The third kappa shape index (κ3) is 4.29. The Balaban J connectivity index is 2.09. The average molecular weight is 426 g/mol. The Labute approximate surface area is 166 Å². The van der Waals surface area contributed by atoms with Crippen molar-refractivity contribution in [3.05, 3.63) is 86.5 Å². The Bertz CT molecular complexity index is 1160. The van der Waals surface area contributed by atoms with Crippen LogP contribution in [0.5, 0.6) is 0 Å². The zero-order chi connectivity index (χ0) is 21.3. The number of rotatable bonds is 3. The highest BCUT2D eigenvalue weighted by Gasteiger charge is 2.34. The lowest BCUT2D eigenvalue weighted by atomic mass is 10.1. The number of hydrogen-bond donors (Lipinski definition) is 1. The Morgan fingerprint density at radius 1 is 1.14 bits per heavy atom. The molecule has 29 heavy (non-hydrogen) atoms. The number of hydrogen-bond acceptors (Lipinski definition) is 3. The molecule has 1 amide bonds. The topological polar surface area (TPSA) is 64.0 Å². The van der Waals surface area contributed by atoms with Crippen LogP contribution in [0, 0.1) is 12.7 Å². The maximum Gasteiger partial charge on any atom is 0.418 e. The van der Waals surface area contributed by atoms with Crippen molar-refractivity contribution in [2.45, 2.75) is 13.1 Å². The summed E-state index contributed by atoms with van der Waals surface area (Å²) in [6.07, 6.45) is -4.68. The predicted octanol–water partition coefficient (Wildman–Crippen LogP) is 4.60. The second-order valence-electron chi connectivity index (χ2n) is 6.00. The third-order valence-electron chi connectivity index (χ3n) is 3.94. The molecule has 0 saturated carbocycles. The molecular weight excluding hydrogens is 414 g/mol. The monoisotopic (exact) mass is 425 g/mol. The zero-order valence-electron chi connectivity index (χ0n) is 14.7. The molecule has 1 aromatic heterocycles. The molecule has 0 atom stereocenters. The molecule has 0 aliphatic heterocycles. The van der Waals surface area contributed by atoms with E-state index < -0.39 is 34.6 Å². The molecule has 3 aromatic rings. The zero-order valence-corrected chi connectivity index (χ0v) is 15.5. The van der Waals surface area contributed by atoms with E-state index in [4.69, 9.17) is 11.6 Å². The van der Waals surface area contributed by atoms with E-state index in [2.05, 4.69) is 10.4 Å². The lowest BCUT2D eigenvalue weighted by molar-refractivity contribution is -0.137. The van der Waals surface area contributed by atoms with Gasteiger partial charge in [0.2, 0.25) is 5.43 Å². The minimum atomic E-state index is -4.68. The Kier molecular flexibility index (Phi) is 5.43. The van der Waals surface area contributed by atoms with Gasteiger partial charge in [-0.3, -0.25) is 9.59 Å². The molecule has 2 aromatic carbocycles. The molecule has 3 rings (SSSR count). The van der Waals surface area contributed by atoms with Crippen LogP contribution in [0.1, 0.15) is 21.7 Å². The van der Waals surface area contributed by atoms with Crippen molar-refractivity contribution in [2.75, 3.05) is 5.32 Å². The lowest BCUT2D eigenvalue weighted by Gasteiger charge is -2.16. The van der Waals surface area contributed by atoms with Gasteiger partial charge in [0.25, 0.3) is 5.91 Å². The summed E-state index contributed by atoms with van der Waals surface area (Å²) in [6.45, 7) is 1.37.